The first-order valence-corrected chi connectivity index (χ1v) is 20.5. The number of benzene rings is 2. The molecule has 0 bridgehead atoms. The van der Waals surface area contributed by atoms with Crippen molar-refractivity contribution in [3.8, 4) is 23.0 Å². The van der Waals surface area contributed by atoms with Crippen LogP contribution in [0.2, 0.25) is 51.4 Å². The van der Waals surface area contributed by atoms with Crippen LogP contribution in [0, 0.1) is 11.6 Å². The Morgan fingerprint density at radius 2 is 1.23 bits per heavy atom. The number of ether oxygens (including phenoxy) is 1. The molecule has 0 radical (unpaired) electrons. The highest BCUT2D eigenvalue weighted by Crippen LogP contribution is 2.27. The van der Waals surface area contributed by atoms with Gasteiger partial charge in [0.15, 0.2) is 45.5 Å². The molecule has 0 saturated carbocycles. The number of phenols is 2. The molecule has 0 unspecified atom stereocenters. The van der Waals surface area contributed by atoms with Crippen LogP contribution in [0.25, 0.3) is 0 Å². The number of hydrogen-bond acceptors (Lipinski definition) is 7. The summed E-state index contributed by atoms with van der Waals surface area (Å²) in [4.78, 5) is 10.3. The van der Waals surface area contributed by atoms with Gasteiger partial charge < -0.3 is 28.1 Å². The SMILES string of the molecule is C[Si](C)(CCCOc1ccc(O)c(F)c1)O[Si](C)(C)O[Si](C)(C)CCOOc1ccc(O)c(F)c1. The van der Waals surface area contributed by atoms with Crippen molar-refractivity contribution >= 4 is 25.2 Å². The lowest BCUT2D eigenvalue weighted by molar-refractivity contribution is -0.202. The minimum atomic E-state index is -2.42. The first kappa shape index (κ1) is 29.3. The highest BCUT2D eigenvalue weighted by molar-refractivity contribution is 6.87. The van der Waals surface area contributed by atoms with Crippen molar-refractivity contribution in [2.45, 2.75) is 57.8 Å². The molecule has 0 aromatic heterocycles. The highest BCUT2D eigenvalue weighted by atomic mass is 28.5. The van der Waals surface area contributed by atoms with Crippen molar-refractivity contribution in [2.75, 3.05) is 13.2 Å². The van der Waals surface area contributed by atoms with Crippen LogP contribution in [0.4, 0.5) is 8.78 Å². The molecule has 0 saturated heterocycles. The van der Waals surface area contributed by atoms with Crippen LogP contribution in [0.5, 0.6) is 23.0 Å². The predicted octanol–water partition coefficient (Wildman–Crippen LogP) is 6.30. The molecule has 2 aromatic rings. The molecule has 12 heteroatoms. The molecule has 2 N–H and O–H groups in total. The van der Waals surface area contributed by atoms with E-state index in [0.29, 0.717) is 18.4 Å². The van der Waals surface area contributed by atoms with Gasteiger partial charge >= 0.3 is 8.56 Å². The second-order valence-corrected chi connectivity index (χ2v) is 22.4. The summed E-state index contributed by atoms with van der Waals surface area (Å²) in [5, 5.41) is 18.5. The number of halogens is 2. The van der Waals surface area contributed by atoms with Crippen molar-refractivity contribution in [1.82, 2.24) is 0 Å². The summed E-state index contributed by atoms with van der Waals surface area (Å²) in [6.07, 6.45) is 0.760. The molecular formula is C23H36F2O7Si3. The minimum Gasteiger partial charge on any atom is -0.505 e. The molecule has 196 valence electrons. The molecular weight excluding hydrogens is 511 g/mol. The number of rotatable bonds is 14. The van der Waals surface area contributed by atoms with E-state index in [2.05, 4.69) is 26.2 Å². The first-order chi connectivity index (χ1) is 16.2. The summed E-state index contributed by atoms with van der Waals surface area (Å²) < 4.78 is 45.4. The standard InChI is InChI=1S/C23H36F2O7Si3/c1-33(2,14-7-12-28-18-8-10-22(26)20(24)16-18)31-35(5,6)32-34(3,4)15-13-29-30-19-9-11-23(27)21(25)17-19/h8-11,16-17,26-27H,7,12-15H2,1-6H3. The van der Waals surface area contributed by atoms with Gasteiger partial charge in [-0.05, 0) is 82.1 Å². The average molecular weight is 547 g/mol. The van der Waals surface area contributed by atoms with Crippen LogP contribution in [-0.4, -0.2) is 48.6 Å². The van der Waals surface area contributed by atoms with Gasteiger partial charge in [0.1, 0.15) is 5.75 Å². The van der Waals surface area contributed by atoms with Crippen molar-refractivity contribution in [2.24, 2.45) is 0 Å². The Hall–Kier alpha value is -1.97. The van der Waals surface area contributed by atoms with E-state index in [0.717, 1.165) is 18.5 Å². The largest absolute Gasteiger partial charge is 0.505 e. The van der Waals surface area contributed by atoms with Gasteiger partial charge in [0, 0.05) is 12.1 Å². The number of aromatic hydroxyl groups is 2. The summed E-state index contributed by atoms with van der Waals surface area (Å²) in [6.45, 7) is 13.3. The fourth-order valence-corrected chi connectivity index (χ4v) is 17.2. The zero-order valence-corrected chi connectivity index (χ0v) is 24.2. The molecule has 0 spiro atoms. The predicted molar refractivity (Wildman–Crippen MR) is 137 cm³/mol. The number of phenolic OH excluding ortho intramolecular Hbond substituents is 2. The average Bonchev–Trinajstić information content (AvgIpc) is 2.72. The number of hydrogen-bond donors (Lipinski definition) is 2. The van der Waals surface area contributed by atoms with E-state index < -0.39 is 48.3 Å². The van der Waals surface area contributed by atoms with Crippen molar-refractivity contribution in [3.63, 3.8) is 0 Å². The zero-order chi connectivity index (χ0) is 26.3. The van der Waals surface area contributed by atoms with Gasteiger partial charge in [-0.25, -0.2) is 8.78 Å². The van der Waals surface area contributed by atoms with Gasteiger partial charge in [0.05, 0.1) is 13.2 Å². The normalized spacial score (nSPS) is 12.6. The molecule has 0 fully saturated rings. The Morgan fingerprint density at radius 1 is 0.714 bits per heavy atom. The van der Waals surface area contributed by atoms with Crippen LogP contribution < -0.4 is 9.62 Å². The van der Waals surface area contributed by atoms with Crippen LogP contribution in [-0.2, 0) is 13.1 Å². The second kappa shape index (κ2) is 12.3. The van der Waals surface area contributed by atoms with Crippen LogP contribution >= 0.6 is 0 Å². The van der Waals surface area contributed by atoms with E-state index >= 15 is 0 Å². The zero-order valence-electron chi connectivity index (χ0n) is 21.2. The summed E-state index contributed by atoms with van der Waals surface area (Å²) in [6, 6.07) is 9.16. The lowest BCUT2D eigenvalue weighted by atomic mass is 10.3. The molecule has 0 amide bonds. The summed E-state index contributed by atoms with van der Waals surface area (Å²) in [5.41, 5.74) is 0. The third-order valence-corrected chi connectivity index (χ3v) is 16.3. The highest BCUT2D eigenvalue weighted by Gasteiger charge is 2.39. The van der Waals surface area contributed by atoms with Crippen LogP contribution in [0.3, 0.4) is 0 Å². The van der Waals surface area contributed by atoms with Crippen molar-refractivity contribution in [3.05, 3.63) is 48.0 Å². The quantitative estimate of drug-likeness (QED) is 0.124. The van der Waals surface area contributed by atoms with Crippen LogP contribution in [0.1, 0.15) is 6.42 Å². The van der Waals surface area contributed by atoms with Gasteiger partial charge in [-0.15, -0.1) is 0 Å². The molecule has 0 aliphatic rings. The monoisotopic (exact) mass is 546 g/mol. The van der Waals surface area contributed by atoms with Gasteiger partial charge in [-0.1, -0.05) is 0 Å². The lowest BCUT2D eigenvalue weighted by Crippen LogP contribution is -2.52. The minimum absolute atomic E-state index is 0.172. The summed E-state index contributed by atoms with van der Waals surface area (Å²) in [5.74, 6) is -1.77. The Bertz CT molecular complexity index is 899. The Balaban J connectivity index is 1.74. The van der Waals surface area contributed by atoms with E-state index in [4.69, 9.17) is 22.7 Å². The molecule has 0 aliphatic carbocycles. The third kappa shape index (κ3) is 10.7. The molecule has 35 heavy (non-hydrogen) atoms. The lowest BCUT2D eigenvalue weighted by Gasteiger charge is -2.38. The van der Waals surface area contributed by atoms with Gasteiger partial charge in [-0.3, -0.25) is 0 Å². The maximum atomic E-state index is 13.4. The van der Waals surface area contributed by atoms with Crippen LogP contribution in [0.15, 0.2) is 36.4 Å². The molecule has 2 aromatic carbocycles. The molecule has 0 heterocycles. The second-order valence-electron chi connectivity index (χ2n) is 9.96. The fraction of sp³-hybridized carbons (Fsp3) is 0.478. The summed E-state index contributed by atoms with van der Waals surface area (Å²) in [7, 11) is -6.58. The first-order valence-electron chi connectivity index (χ1n) is 11.5. The van der Waals surface area contributed by atoms with Gasteiger partial charge in [0.25, 0.3) is 0 Å². The van der Waals surface area contributed by atoms with Crippen molar-refractivity contribution < 1.29 is 41.7 Å². The molecule has 7 nitrogen and oxygen atoms in total. The Kier molecular flexibility index (Phi) is 10.3. The molecule has 0 aliphatic heterocycles. The van der Waals surface area contributed by atoms with E-state index in [9.17, 15) is 19.0 Å². The summed E-state index contributed by atoms with van der Waals surface area (Å²) >= 11 is 0. The third-order valence-electron chi connectivity index (χ3n) is 5.02. The van der Waals surface area contributed by atoms with E-state index in [1.54, 1.807) is 0 Å². The van der Waals surface area contributed by atoms with Gasteiger partial charge in [-0.2, -0.15) is 4.89 Å². The topological polar surface area (TPSA) is 86.6 Å². The maximum Gasteiger partial charge on any atom is 0.311 e. The van der Waals surface area contributed by atoms with Crippen molar-refractivity contribution in [1.29, 1.82) is 0 Å². The Morgan fingerprint density at radius 3 is 1.80 bits per heavy atom. The fourth-order valence-electron chi connectivity index (χ4n) is 3.66. The Labute approximate surface area is 209 Å². The van der Waals surface area contributed by atoms with E-state index in [1.165, 1.54) is 30.3 Å². The maximum absolute atomic E-state index is 13.4. The smallest absolute Gasteiger partial charge is 0.311 e. The molecule has 0 atom stereocenters. The van der Waals surface area contributed by atoms with E-state index in [-0.39, 0.29) is 12.4 Å². The van der Waals surface area contributed by atoms with Gasteiger partial charge in [0.2, 0.25) is 0 Å². The van der Waals surface area contributed by atoms with E-state index in [1.807, 2.05) is 13.1 Å². The molecule has 2 rings (SSSR count).